The Labute approximate surface area is 209 Å². The van der Waals surface area contributed by atoms with Gasteiger partial charge in [0.2, 0.25) is 0 Å². The number of sulfonamides is 1. The third-order valence-corrected chi connectivity index (χ3v) is 6.96. The molecule has 8 nitrogen and oxygen atoms in total. The van der Waals surface area contributed by atoms with Crippen LogP contribution in [0, 0.1) is 13.8 Å². The summed E-state index contributed by atoms with van der Waals surface area (Å²) in [5.41, 5.74) is 2.52. The molecule has 0 fully saturated rings. The SMILES string of the molecule is Cc1cccc(NS(=O)(=O)c2cc(C(=O)Nc3ccccc3C(=O)NCc3ccco3)ccc2C)c1. The van der Waals surface area contributed by atoms with Crippen molar-refractivity contribution in [1.29, 1.82) is 0 Å². The lowest BCUT2D eigenvalue weighted by molar-refractivity contribution is 0.0949. The van der Waals surface area contributed by atoms with Gasteiger partial charge < -0.3 is 15.1 Å². The summed E-state index contributed by atoms with van der Waals surface area (Å²) in [7, 11) is -3.94. The number of rotatable bonds is 8. The Morgan fingerprint density at radius 1 is 0.861 bits per heavy atom. The number of carbonyl (C=O) groups is 2. The van der Waals surface area contributed by atoms with E-state index in [0.29, 0.717) is 22.7 Å². The van der Waals surface area contributed by atoms with Crippen molar-refractivity contribution in [3.05, 3.63) is 113 Å². The van der Waals surface area contributed by atoms with E-state index in [1.54, 1.807) is 67.6 Å². The van der Waals surface area contributed by atoms with Crippen molar-refractivity contribution in [2.24, 2.45) is 0 Å². The van der Waals surface area contributed by atoms with E-state index in [1.807, 2.05) is 13.0 Å². The van der Waals surface area contributed by atoms with Gasteiger partial charge >= 0.3 is 0 Å². The molecule has 0 unspecified atom stereocenters. The summed E-state index contributed by atoms with van der Waals surface area (Å²) in [5.74, 6) is -0.345. The number of para-hydroxylation sites is 1. The lowest BCUT2D eigenvalue weighted by Gasteiger charge is -2.14. The summed E-state index contributed by atoms with van der Waals surface area (Å²) in [6.07, 6.45) is 1.52. The number of hydrogen-bond donors (Lipinski definition) is 3. The van der Waals surface area contributed by atoms with Gasteiger partial charge in [0.15, 0.2) is 0 Å². The molecule has 0 bridgehead atoms. The number of carbonyl (C=O) groups excluding carboxylic acids is 2. The zero-order valence-corrected chi connectivity index (χ0v) is 20.6. The minimum absolute atomic E-state index is 0.0128. The fourth-order valence-electron chi connectivity index (χ4n) is 3.61. The van der Waals surface area contributed by atoms with E-state index in [2.05, 4.69) is 15.4 Å². The first-order valence-electron chi connectivity index (χ1n) is 11.1. The first kappa shape index (κ1) is 24.7. The lowest BCUT2D eigenvalue weighted by Crippen LogP contribution is -2.24. The van der Waals surface area contributed by atoms with E-state index in [-0.39, 0.29) is 22.6 Å². The quantitative estimate of drug-likeness (QED) is 0.317. The standard InChI is InChI=1S/C27H25N3O5S/c1-18-7-5-8-21(15-18)30-36(33,34)25-16-20(13-12-19(25)2)26(31)29-24-11-4-3-10-23(24)27(32)28-17-22-9-6-14-35-22/h3-16,30H,17H2,1-2H3,(H,28,32)(H,29,31). The largest absolute Gasteiger partial charge is 0.467 e. The van der Waals surface area contributed by atoms with Gasteiger partial charge in [-0.1, -0.05) is 30.3 Å². The van der Waals surface area contributed by atoms with Crippen molar-refractivity contribution in [3.8, 4) is 0 Å². The Morgan fingerprint density at radius 3 is 2.42 bits per heavy atom. The van der Waals surface area contributed by atoms with Gasteiger partial charge in [-0.05, 0) is 73.5 Å². The highest BCUT2D eigenvalue weighted by molar-refractivity contribution is 7.92. The molecule has 0 aliphatic rings. The molecule has 0 saturated carbocycles. The van der Waals surface area contributed by atoms with E-state index in [0.717, 1.165) is 5.56 Å². The van der Waals surface area contributed by atoms with E-state index in [9.17, 15) is 18.0 Å². The van der Waals surface area contributed by atoms with Crippen LogP contribution in [0.2, 0.25) is 0 Å². The molecule has 0 aliphatic carbocycles. The number of anilines is 2. The molecule has 4 aromatic rings. The van der Waals surface area contributed by atoms with Crippen LogP contribution in [0.3, 0.4) is 0 Å². The van der Waals surface area contributed by atoms with Gasteiger partial charge in [0.1, 0.15) is 5.76 Å². The molecular formula is C27H25N3O5S. The number of benzene rings is 3. The van der Waals surface area contributed by atoms with Crippen molar-refractivity contribution in [2.45, 2.75) is 25.3 Å². The molecule has 4 rings (SSSR count). The molecule has 1 aromatic heterocycles. The predicted molar refractivity (Wildman–Crippen MR) is 137 cm³/mol. The highest BCUT2D eigenvalue weighted by atomic mass is 32.2. The fourth-order valence-corrected chi connectivity index (χ4v) is 4.93. The Hall–Kier alpha value is -4.37. The molecule has 0 atom stereocenters. The molecule has 2 amide bonds. The Bertz CT molecular complexity index is 1510. The summed E-state index contributed by atoms with van der Waals surface area (Å²) in [4.78, 5) is 25.8. The van der Waals surface area contributed by atoms with Gasteiger partial charge in [-0.2, -0.15) is 0 Å². The molecule has 184 valence electrons. The summed E-state index contributed by atoms with van der Waals surface area (Å²) in [6.45, 7) is 3.72. The van der Waals surface area contributed by atoms with Gasteiger partial charge in [-0.25, -0.2) is 8.42 Å². The maximum Gasteiger partial charge on any atom is 0.262 e. The van der Waals surface area contributed by atoms with Crippen LogP contribution in [0.4, 0.5) is 11.4 Å². The van der Waals surface area contributed by atoms with Crippen LogP contribution in [0.15, 0.2) is 94.4 Å². The predicted octanol–water partition coefficient (Wildman–Crippen LogP) is 4.88. The van der Waals surface area contributed by atoms with Crippen molar-refractivity contribution in [2.75, 3.05) is 10.0 Å². The summed E-state index contributed by atoms with van der Waals surface area (Å²) in [6, 6.07) is 21.5. The maximum absolute atomic E-state index is 13.1. The zero-order valence-electron chi connectivity index (χ0n) is 19.7. The summed E-state index contributed by atoms with van der Waals surface area (Å²) < 4.78 is 33.9. The van der Waals surface area contributed by atoms with Crippen molar-refractivity contribution in [3.63, 3.8) is 0 Å². The minimum Gasteiger partial charge on any atom is -0.467 e. The van der Waals surface area contributed by atoms with Crippen LogP contribution in [-0.2, 0) is 16.6 Å². The number of aryl methyl sites for hydroxylation is 2. The summed E-state index contributed by atoms with van der Waals surface area (Å²) >= 11 is 0. The average Bonchev–Trinajstić information content (AvgIpc) is 3.36. The van der Waals surface area contributed by atoms with Crippen LogP contribution >= 0.6 is 0 Å². The van der Waals surface area contributed by atoms with Crippen LogP contribution in [0.25, 0.3) is 0 Å². The third kappa shape index (κ3) is 5.81. The van der Waals surface area contributed by atoms with Crippen LogP contribution in [0.5, 0.6) is 0 Å². The molecule has 0 spiro atoms. The first-order valence-corrected chi connectivity index (χ1v) is 12.6. The molecule has 3 N–H and O–H groups in total. The van der Waals surface area contributed by atoms with Crippen molar-refractivity contribution in [1.82, 2.24) is 5.32 Å². The van der Waals surface area contributed by atoms with Crippen LogP contribution in [-0.4, -0.2) is 20.2 Å². The Balaban J connectivity index is 1.54. The van der Waals surface area contributed by atoms with E-state index in [1.165, 1.54) is 18.4 Å². The van der Waals surface area contributed by atoms with E-state index in [4.69, 9.17) is 4.42 Å². The fraction of sp³-hybridized carbons (Fsp3) is 0.111. The molecule has 3 aromatic carbocycles. The van der Waals surface area contributed by atoms with Crippen LogP contribution in [0.1, 0.15) is 37.6 Å². The van der Waals surface area contributed by atoms with Crippen LogP contribution < -0.4 is 15.4 Å². The van der Waals surface area contributed by atoms with Crippen molar-refractivity contribution < 1.29 is 22.4 Å². The molecule has 1 heterocycles. The highest BCUT2D eigenvalue weighted by Gasteiger charge is 2.21. The second-order valence-corrected chi connectivity index (χ2v) is 9.87. The molecule has 9 heteroatoms. The lowest BCUT2D eigenvalue weighted by atomic mass is 10.1. The molecule has 0 saturated heterocycles. The van der Waals surface area contributed by atoms with Gasteiger partial charge in [0, 0.05) is 11.3 Å². The minimum atomic E-state index is -3.94. The molecular weight excluding hydrogens is 478 g/mol. The Morgan fingerprint density at radius 2 is 1.67 bits per heavy atom. The molecule has 0 radical (unpaired) electrons. The van der Waals surface area contributed by atoms with Crippen molar-refractivity contribution >= 4 is 33.2 Å². The van der Waals surface area contributed by atoms with E-state index < -0.39 is 21.8 Å². The monoisotopic (exact) mass is 503 g/mol. The zero-order chi connectivity index (χ0) is 25.7. The number of amides is 2. The highest BCUT2D eigenvalue weighted by Crippen LogP contribution is 2.23. The van der Waals surface area contributed by atoms with Gasteiger partial charge in [-0.3, -0.25) is 14.3 Å². The number of hydrogen-bond acceptors (Lipinski definition) is 5. The normalized spacial score (nSPS) is 11.1. The number of furan rings is 1. The second kappa shape index (κ2) is 10.5. The smallest absolute Gasteiger partial charge is 0.262 e. The Kier molecular flexibility index (Phi) is 7.21. The average molecular weight is 504 g/mol. The van der Waals surface area contributed by atoms with Gasteiger partial charge in [0.05, 0.1) is 29.0 Å². The number of nitrogens with one attached hydrogen (secondary N) is 3. The van der Waals surface area contributed by atoms with E-state index >= 15 is 0 Å². The summed E-state index contributed by atoms with van der Waals surface area (Å²) in [5, 5.41) is 5.46. The third-order valence-electron chi connectivity index (χ3n) is 5.43. The second-order valence-electron chi connectivity index (χ2n) is 8.22. The molecule has 36 heavy (non-hydrogen) atoms. The topological polar surface area (TPSA) is 118 Å². The molecule has 0 aliphatic heterocycles. The first-order chi connectivity index (χ1) is 17.2. The maximum atomic E-state index is 13.1. The van der Waals surface area contributed by atoms with Gasteiger partial charge in [-0.15, -0.1) is 0 Å². The van der Waals surface area contributed by atoms with Gasteiger partial charge in [0.25, 0.3) is 21.8 Å².